The average Bonchev–Trinajstić information content (AvgIpc) is 2.48. The van der Waals surface area contributed by atoms with Gasteiger partial charge in [-0.1, -0.05) is 0 Å². The Kier molecular flexibility index (Phi) is 5.61. The van der Waals surface area contributed by atoms with Gasteiger partial charge in [-0.25, -0.2) is 9.18 Å². The molecule has 0 saturated carbocycles. The Hall–Kier alpha value is -2.64. The number of ether oxygens (including phenoxy) is 2. The summed E-state index contributed by atoms with van der Waals surface area (Å²) in [5.41, 5.74) is 0.481. The minimum atomic E-state index is -0.579. The van der Waals surface area contributed by atoms with Gasteiger partial charge in [-0.2, -0.15) is 0 Å². The molecule has 1 aliphatic heterocycles. The van der Waals surface area contributed by atoms with Crippen molar-refractivity contribution in [2.45, 2.75) is 32.5 Å². The van der Waals surface area contributed by atoms with E-state index in [2.05, 4.69) is 10.3 Å². The summed E-state index contributed by atoms with van der Waals surface area (Å²) in [6, 6.07) is 1.47. The molecule has 0 unspecified atom stereocenters. The van der Waals surface area contributed by atoms with Crippen LogP contribution in [0.5, 0.6) is 5.75 Å². The number of carbonyl (C=O) groups excluding carboxylic acids is 1. The quantitative estimate of drug-likeness (QED) is 0.797. The van der Waals surface area contributed by atoms with Gasteiger partial charge in [-0.3, -0.25) is 4.98 Å². The molecule has 1 amide bonds. The molecule has 2 heterocycles. The number of hydrogen-bond donors (Lipinski definition) is 2. The van der Waals surface area contributed by atoms with Crippen LogP contribution in [0.2, 0.25) is 0 Å². The highest BCUT2D eigenvalue weighted by molar-refractivity contribution is 5.81. The van der Waals surface area contributed by atoms with E-state index in [4.69, 9.17) is 14.9 Å². The summed E-state index contributed by atoms with van der Waals surface area (Å²) in [5.74, 6) is -0.519. The summed E-state index contributed by atoms with van der Waals surface area (Å²) in [6.07, 6.45) is 2.99. The van der Waals surface area contributed by atoms with E-state index >= 15 is 0 Å². The third-order valence-electron chi connectivity index (χ3n) is 3.41. The lowest BCUT2D eigenvalue weighted by Crippen LogP contribution is -2.57. The van der Waals surface area contributed by atoms with Crippen LogP contribution in [0.1, 0.15) is 26.5 Å². The van der Waals surface area contributed by atoms with Crippen LogP contribution in [-0.4, -0.2) is 54.0 Å². The highest BCUT2D eigenvalue weighted by Crippen LogP contribution is 2.24. The normalized spacial score (nSPS) is 15.4. The van der Waals surface area contributed by atoms with E-state index in [9.17, 15) is 9.18 Å². The van der Waals surface area contributed by atoms with Crippen molar-refractivity contribution in [3.63, 3.8) is 0 Å². The van der Waals surface area contributed by atoms with Crippen molar-refractivity contribution in [3.05, 3.63) is 29.9 Å². The van der Waals surface area contributed by atoms with Crippen molar-refractivity contribution in [2.24, 2.45) is 0 Å². The summed E-state index contributed by atoms with van der Waals surface area (Å²) in [4.78, 5) is 17.4. The SMILES string of the molecule is CN/C(=C\C=N)c1cc(OC2CN(C(=O)OC(C)(C)C)C2)c(F)cn1. The highest BCUT2D eigenvalue weighted by atomic mass is 19.1. The Morgan fingerprint density at radius 2 is 2.16 bits per heavy atom. The molecular formula is C17H23FN4O3. The molecule has 1 aromatic rings. The van der Waals surface area contributed by atoms with E-state index < -0.39 is 17.5 Å². The monoisotopic (exact) mass is 350 g/mol. The fraction of sp³-hybridized carbons (Fsp3) is 0.471. The first-order chi connectivity index (χ1) is 11.7. The highest BCUT2D eigenvalue weighted by Gasteiger charge is 2.35. The number of likely N-dealkylation sites (tertiary alicyclic amines) is 1. The van der Waals surface area contributed by atoms with Crippen LogP contribution in [-0.2, 0) is 4.74 Å². The fourth-order valence-electron chi connectivity index (χ4n) is 2.21. The molecule has 136 valence electrons. The maximum Gasteiger partial charge on any atom is 0.410 e. The summed E-state index contributed by atoms with van der Waals surface area (Å²) < 4.78 is 24.8. The molecule has 7 nitrogen and oxygen atoms in total. The second-order valence-electron chi connectivity index (χ2n) is 6.62. The smallest absolute Gasteiger partial charge is 0.410 e. The second kappa shape index (κ2) is 7.50. The fourth-order valence-corrected chi connectivity index (χ4v) is 2.21. The number of hydrogen-bond acceptors (Lipinski definition) is 6. The van der Waals surface area contributed by atoms with Crippen LogP contribution >= 0.6 is 0 Å². The van der Waals surface area contributed by atoms with Crippen LogP contribution < -0.4 is 10.1 Å². The zero-order chi connectivity index (χ0) is 18.6. The lowest BCUT2D eigenvalue weighted by molar-refractivity contribution is -0.0229. The number of nitrogens with zero attached hydrogens (tertiary/aromatic N) is 2. The first-order valence-corrected chi connectivity index (χ1v) is 7.92. The lowest BCUT2D eigenvalue weighted by Gasteiger charge is -2.39. The molecule has 1 saturated heterocycles. The molecule has 25 heavy (non-hydrogen) atoms. The molecule has 1 fully saturated rings. The summed E-state index contributed by atoms with van der Waals surface area (Å²) >= 11 is 0. The third-order valence-corrected chi connectivity index (χ3v) is 3.41. The summed E-state index contributed by atoms with van der Waals surface area (Å²) in [6.45, 7) is 6.07. The van der Waals surface area contributed by atoms with Crippen LogP contribution in [0, 0.1) is 11.2 Å². The van der Waals surface area contributed by atoms with Crippen molar-refractivity contribution in [3.8, 4) is 5.75 Å². The van der Waals surface area contributed by atoms with Crippen molar-refractivity contribution >= 4 is 18.0 Å². The van der Waals surface area contributed by atoms with Gasteiger partial charge < -0.3 is 25.1 Å². The number of carbonyl (C=O) groups is 1. The van der Waals surface area contributed by atoms with Crippen molar-refractivity contribution < 1.29 is 18.7 Å². The molecule has 0 aromatic carbocycles. The summed E-state index contributed by atoms with van der Waals surface area (Å²) in [5, 5.41) is 10.0. The van der Waals surface area contributed by atoms with Crippen LogP contribution in [0.15, 0.2) is 18.3 Å². The van der Waals surface area contributed by atoms with Gasteiger partial charge in [0.05, 0.1) is 30.7 Å². The Bertz CT molecular complexity index is 679. The zero-order valence-corrected chi connectivity index (χ0v) is 14.8. The molecule has 1 aliphatic rings. The topological polar surface area (TPSA) is 87.5 Å². The van der Waals surface area contributed by atoms with Gasteiger partial charge in [-0.05, 0) is 26.8 Å². The van der Waals surface area contributed by atoms with Gasteiger partial charge in [0, 0.05) is 19.3 Å². The number of pyridine rings is 1. The Morgan fingerprint density at radius 1 is 1.48 bits per heavy atom. The third kappa shape index (κ3) is 4.91. The standard InChI is InChI=1S/C17H23FN4O3/c1-17(2,3)25-16(23)22-9-11(10-22)24-15-7-14(21-8-12(15)18)13(20-4)5-6-19/h5-8,11,19-20H,9-10H2,1-4H3/b13-5-,19-6?. The first kappa shape index (κ1) is 18.7. The number of rotatable bonds is 5. The zero-order valence-electron chi connectivity index (χ0n) is 14.8. The molecule has 0 atom stereocenters. The minimum Gasteiger partial charge on any atom is -0.483 e. The molecule has 0 radical (unpaired) electrons. The van der Waals surface area contributed by atoms with E-state index in [0.29, 0.717) is 24.5 Å². The molecular weight excluding hydrogens is 327 g/mol. The Morgan fingerprint density at radius 3 is 2.72 bits per heavy atom. The average molecular weight is 350 g/mol. The molecule has 8 heteroatoms. The van der Waals surface area contributed by atoms with E-state index in [-0.39, 0.29) is 11.9 Å². The van der Waals surface area contributed by atoms with Gasteiger partial charge in [-0.15, -0.1) is 0 Å². The van der Waals surface area contributed by atoms with Gasteiger partial charge in [0.2, 0.25) is 0 Å². The molecule has 2 rings (SSSR count). The number of halogens is 1. The van der Waals surface area contributed by atoms with E-state index in [1.807, 2.05) is 0 Å². The Labute approximate surface area is 146 Å². The molecule has 1 aromatic heterocycles. The van der Waals surface area contributed by atoms with Crippen LogP contribution in [0.25, 0.3) is 5.70 Å². The van der Waals surface area contributed by atoms with Gasteiger partial charge in [0.1, 0.15) is 11.7 Å². The second-order valence-corrected chi connectivity index (χ2v) is 6.62. The number of aromatic nitrogens is 1. The van der Waals surface area contributed by atoms with E-state index in [1.165, 1.54) is 17.0 Å². The molecule has 2 N–H and O–H groups in total. The largest absolute Gasteiger partial charge is 0.483 e. The molecule has 0 bridgehead atoms. The minimum absolute atomic E-state index is 0.0602. The van der Waals surface area contributed by atoms with E-state index in [1.54, 1.807) is 27.8 Å². The van der Waals surface area contributed by atoms with Gasteiger partial charge in [0.15, 0.2) is 11.6 Å². The Balaban J connectivity index is 1.99. The van der Waals surface area contributed by atoms with Crippen molar-refractivity contribution in [1.29, 1.82) is 5.41 Å². The van der Waals surface area contributed by atoms with Crippen molar-refractivity contribution in [2.75, 3.05) is 20.1 Å². The number of amides is 1. The van der Waals surface area contributed by atoms with E-state index in [0.717, 1.165) is 12.4 Å². The van der Waals surface area contributed by atoms with Crippen LogP contribution in [0.3, 0.4) is 0 Å². The summed E-state index contributed by atoms with van der Waals surface area (Å²) in [7, 11) is 1.69. The van der Waals surface area contributed by atoms with Gasteiger partial charge >= 0.3 is 6.09 Å². The van der Waals surface area contributed by atoms with Crippen molar-refractivity contribution in [1.82, 2.24) is 15.2 Å². The lowest BCUT2D eigenvalue weighted by atomic mass is 10.1. The molecule has 0 spiro atoms. The number of allylic oxidation sites excluding steroid dienone is 1. The maximum atomic E-state index is 13.9. The predicted molar refractivity (Wildman–Crippen MR) is 92.2 cm³/mol. The van der Waals surface area contributed by atoms with Crippen LogP contribution in [0.4, 0.5) is 9.18 Å². The maximum absolute atomic E-state index is 13.9. The first-order valence-electron chi connectivity index (χ1n) is 7.92. The van der Waals surface area contributed by atoms with Gasteiger partial charge in [0.25, 0.3) is 0 Å². The predicted octanol–water partition coefficient (Wildman–Crippen LogP) is 2.43. The number of nitrogens with one attached hydrogen (secondary N) is 2. The molecule has 0 aliphatic carbocycles.